The van der Waals surface area contributed by atoms with Crippen molar-refractivity contribution in [1.82, 2.24) is 5.32 Å². The van der Waals surface area contributed by atoms with E-state index in [1.165, 1.54) is 6.42 Å². The lowest BCUT2D eigenvalue weighted by Gasteiger charge is -2.28. The summed E-state index contributed by atoms with van der Waals surface area (Å²) in [6.45, 7) is 5.16. The first-order valence-corrected chi connectivity index (χ1v) is 7.60. The molecule has 0 radical (unpaired) electrons. The minimum absolute atomic E-state index is 0.543. The van der Waals surface area contributed by atoms with Gasteiger partial charge in [0.05, 0.1) is 18.2 Å². The zero-order valence-corrected chi connectivity index (χ0v) is 12.2. The number of benzene rings is 1. The van der Waals surface area contributed by atoms with Crippen molar-refractivity contribution in [3.05, 3.63) is 35.4 Å². The SMILES string of the molecule is CC(C)C1CCSC(=NCc2ccc(C#N)cc2)N1. The van der Waals surface area contributed by atoms with E-state index in [1.54, 1.807) is 11.8 Å². The standard InChI is InChI=1S/C15H19N3S/c1-11(2)14-7-8-19-15(18-14)17-10-13-5-3-12(9-16)4-6-13/h3-6,11,14H,7-8,10H2,1-2H3,(H,17,18). The van der Waals surface area contributed by atoms with Gasteiger partial charge < -0.3 is 5.32 Å². The van der Waals surface area contributed by atoms with E-state index in [4.69, 9.17) is 5.26 Å². The highest BCUT2D eigenvalue weighted by molar-refractivity contribution is 8.13. The average Bonchev–Trinajstić information content (AvgIpc) is 2.46. The van der Waals surface area contributed by atoms with Gasteiger partial charge in [-0.2, -0.15) is 5.26 Å². The Balaban J connectivity index is 1.95. The van der Waals surface area contributed by atoms with Gasteiger partial charge in [-0.1, -0.05) is 37.7 Å². The molecule has 3 nitrogen and oxygen atoms in total. The first-order chi connectivity index (χ1) is 9.19. The second kappa shape index (κ2) is 6.63. The molecule has 1 atom stereocenters. The number of nitriles is 1. The Bertz CT molecular complexity index is 485. The van der Waals surface area contributed by atoms with Crippen molar-refractivity contribution >= 4 is 16.9 Å². The molecule has 1 saturated heterocycles. The van der Waals surface area contributed by atoms with Crippen LogP contribution in [0.5, 0.6) is 0 Å². The molecule has 1 N–H and O–H groups in total. The van der Waals surface area contributed by atoms with Crippen LogP contribution in [-0.2, 0) is 6.54 Å². The first-order valence-electron chi connectivity index (χ1n) is 6.62. The summed E-state index contributed by atoms with van der Waals surface area (Å²) < 4.78 is 0. The van der Waals surface area contributed by atoms with Gasteiger partial charge in [-0.05, 0) is 30.0 Å². The van der Waals surface area contributed by atoms with Crippen molar-refractivity contribution in [3.63, 3.8) is 0 Å². The predicted molar refractivity (Wildman–Crippen MR) is 81.1 cm³/mol. The molecule has 1 fully saturated rings. The highest BCUT2D eigenvalue weighted by atomic mass is 32.2. The fourth-order valence-electron chi connectivity index (χ4n) is 1.99. The van der Waals surface area contributed by atoms with Gasteiger partial charge in [0.1, 0.15) is 0 Å². The van der Waals surface area contributed by atoms with Gasteiger partial charge in [-0.25, -0.2) is 0 Å². The zero-order chi connectivity index (χ0) is 13.7. The average molecular weight is 273 g/mol. The number of nitrogens with zero attached hydrogens (tertiary/aromatic N) is 2. The van der Waals surface area contributed by atoms with E-state index in [0.717, 1.165) is 16.5 Å². The Labute approximate surface area is 119 Å². The second-order valence-electron chi connectivity index (χ2n) is 5.06. The number of hydrogen-bond acceptors (Lipinski definition) is 3. The molecule has 1 aromatic rings. The third-order valence-electron chi connectivity index (χ3n) is 3.27. The first kappa shape index (κ1) is 14.0. The Morgan fingerprint density at radius 2 is 2.16 bits per heavy atom. The molecule has 1 heterocycles. The van der Waals surface area contributed by atoms with Gasteiger partial charge in [0.15, 0.2) is 5.17 Å². The van der Waals surface area contributed by atoms with Gasteiger partial charge >= 0.3 is 0 Å². The fraction of sp³-hybridized carbons (Fsp3) is 0.467. The molecule has 4 heteroatoms. The van der Waals surface area contributed by atoms with E-state index in [1.807, 2.05) is 24.3 Å². The van der Waals surface area contributed by atoms with Crippen LogP contribution in [0.15, 0.2) is 29.3 Å². The minimum Gasteiger partial charge on any atom is -0.362 e. The largest absolute Gasteiger partial charge is 0.362 e. The third-order valence-corrected chi connectivity index (χ3v) is 4.23. The van der Waals surface area contributed by atoms with Crippen molar-refractivity contribution in [1.29, 1.82) is 5.26 Å². The van der Waals surface area contributed by atoms with Gasteiger partial charge in [0, 0.05) is 11.8 Å². The maximum Gasteiger partial charge on any atom is 0.157 e. The van der Waals surface area contributed by atoms with E-state index < -0.39 is 0 Å². The van der Waals surface area contributed by atoms with Crippen LogP contribution in [0.4, 0.5) is 0 Å². The molecule has 100 valence electrons. The number of aliphatic imine (C=N–C) groups is 1. The lowest BCUT2D eigenvalue weighted by molar-refractivity contribution is 0.442. The van der Waals surface area contributed by atoms with Crippen molar-refractivity contribution in [3.8, 4) is 6.07 Å². The molecule has 0 bridgehead atoms. The van der Waals surface area contributed by atoms with Crippen molar-refractivity contribution in [2.24, 2.45) is 10.9 Å². The van der Waals surface area contributed by atoms with E-state index in [9.17, 15) is 0 Å². The summed E-state index contributed by atoms with van der Waals surface area (Å²) in [6.07, 6.45) is 1.21. The van der Waals surface area contributed by atoms with Crippen molar-refractivity contribution in [2.75, 3.05) is 5.75 Å². The van der Waals surface area contributed by atoms with E-state index in [2.05, 4.69) is 30.2 Å². The van der Waals surface area contributed by atoms with Crippen LogP contribution in [0.1, 0.15) is 31.4 Å². The molecular weight excluding hydrogens is 254 g/mol. The monoisotopic (exact) mass is 273 g/mol. The van der Waals surface area contributed by atoms with Crippen LogP contribution in [0.25, 0.3) is 0 Å². The maximum atomic E-state index is 8.75. The molecule has 0 spiro atoms. The molecule has 2 rings (SSSR count). The zero-order valence-electron chi connectivity index (χ0n) is 11.4. The minimum atomic E-state index is 0.543. The van der Waals surface area contributed by atoms with Gasteiger partial charge in [-0.3, -0.25) is 4.99 Å². The normalized spacial score (nSPS) is 21.2. The highest BCUT2D eigenvalue weighted by Crippen LogP contribution is 2.19. The molecule has 0 amide bonds. The van der Waals surface area contributed by atoms with Crippen LogP contribution < -0.4 is 5.32 Å². The number of amidine groups is 1. The molecule has 1 unspecified atom stereocenters. The Hall–Kier alpha value is -1.47. The van der Waals surface area contributed by atoms with Crippen molar-refractivity contribution < 1.29 is 0 Å². The van der Waals surface area contributed by atoms with Crippen LogP contribution in [0.3, 0.4) is 0 Å². The van der Waals surface area contributed by atoms with Gasteiger partial charge in [-0.15, -0.1) is 0 Å². The molecule has 1 aromatic carbocycles. The van der Waals surface area contributed by atoms with Crippen molar-refractivity contribution in [2.45, 2.75) is 32.9 Å². The summed E-state index contributed by atoms with van der Waals surface area (Å²) in [7, 11) is 0. The molecule has 0 aromatic heterocycles. The summed E-state index contributed by atoms with van der Waals surface area (Å²) in [5, 5.41) is 13.3. The Morgan fingerprint density at radius 3 is 2.79 bits per heavy atom. The molecule has 0 saturated carbocycles. The number of rotatable bonds is 3. The number of thioether (sulfide) groups is 1. The Morgan fingerprint density at radius 1 is 1.42 bits per heavy atom. The summed E-state index contributed by atoms with van der Waals surface area (Å²) in [6, 6.07) is 10.3. The molecule has 1 aliphatic rings. The summed E-state index contributed by atoms with van der Waals surface area (Å²) in [4.78, 5) is 4.63. The Kier molecular flexibility index (Phi) is 4.86. The quantitative estimate of drug-likeness (QED) is 0.920. The van der Waals surface area contributed by atoms with Gasteiger partial charge in [0.25, 0.3) is 0 Å². The third kappa shape index (κ3) is 4.00. The summed E-state index contributed by atoms with van der Waals surface area (Å²) in [5.41, 5.74) is 1.84. The van der Waals surface area contributed by atoms with Crippen LogP contribution in [0.2, 0.25) is 0 Å². The summed E-state index contributed by atoms with van der Waals surface area (Å²) in [5.74, 6) is 1.78. The molecular formula is C15H19N3S. The molecule has 19 heavy (non-hydrogen) atoms. The predicted octanol–water partition coefficient (Wildman–Crippen LogP) is 3.17. The molecule has 0 aliphatic carbocycles. The highest BCUT2D eigenvalue weighted by Gasteiger charge is 2.19. The second-order valence-corrected chi connectivity index (χ2v) is 6.15. The maximum absolute atomic E-state index is 8.75. The topological polar surface area (TPSA) is 48.2 Å². The summed E-state index contributed by atoms with van der Waals surface area (Å²) >= 11 is 1.80. The van der Waals surface area contributed by atoms with E-state index >= 15 is 0 Å². The van der Waals surface area contributed by atoms with Gasteiger partial charge in [0.2, 0.25) is 0 Å². The molecule has 1 aliphatic heterocycles. The smallest absolute Gasteiger partial charge is 0.157 e. The van der Waals surface area contributed by atoms with Crippen LogP contribution >= 0.6 is 11.8 Å². The van der Waals surface area contributed by atoms with Crippen LogP contribution in [-0.4, -0.2) is 17.0 Å². The van der Waals surface area contributed by atoms with Crippen LogP contribution in [0, 0.1) is 17.2 Å². The van der Waals surface area contributed by atoms with E-state index in [-0.39, 0.29) is 0 Å². The van der Waals surface area contributed by atoms with E-state index in [0.29, 0.717) is 24.1 Å². The number of nitrogens with one attached hydrogen (secondary N) is 1. The number of hydrogen-bond donors (Lipinski definition) is 1. The lowest BCUT2D eigenvalue weighted by Crippen LogP contribution is -2.41. The fourth-order valence-corrected chi connectivity index (χ4v) is 2.95. The lowest BCUT2D eigenvalue weighted by atomic mass is 10.0.